The lowest BCUT2D eigenvalue weighted by Crippen LogP contribution is -2.44. The summed E-state index contributed by atoms with van der Waals surface area (Å²) in [5, 5.41) is 26.5. The van der Waals surface area contributed by atoms with Crippen LogP contribution in [0.25, 0.3) is 21.0 Å². The van der Waals surface area contributed by atoms with Gasteiger partial charge in [-0.3, -0.25) is 14.3 Å². The third kappa shape index (κ3) is 5.16. The van der Waals surface area contributed by atoms with Crippen molar-refractivity contribution in [1.29, 1.82) is 0 Å². The first-order chi connectivity index (χ1) is 20.5. The lowest BCUT2D eigenvalue weighted by molar-refractivity contribution is -0.131. The Morgan fingerprint density at radius 3 is 2.70 bits per heavy atom. The Morgan fingerprint density at radius 1 is 1.28 bits per heavy atom. The van der Waals surface area contributed by atoms with Crippen molar-refractivity contribution in [3.05, 3.63) is 63.3 Å². The molecule has 4 atom stereocenters. The number of benzene rings is 1. The molecule has 2 fully saturated rings. The number of ether oxygens (including phenoxy) is 2. The number of carbonyl (C=O) groups excluding carboxylic acids is 1. The number of piperidine rings is 1. The maximum atomic E-state index is 14.0. The molecule has 2 N–H and O–H groups in total. The number of epoxide rings is 1. The van der Waals surface area contributed by atoms with Crippen LogP contribution in [0.3, 0.4) is 0 Å². The highest BCUT2D eigenvalue weighted by Gasteiger charge is 2.52. The zero-order valence-corrected chi connectivity index (χ0v) is 25.7. The van der Waals surface area contributed by atoms with Crippen LogP contribution in [0.2, 0.25) is 0 Å². The molecule has 4 aromatic rings. The van der Waals surface area contributed by atoms with E-state index in [4.69, 9.17) is 19.0 Å². The van der Waals surface area contributed by atoms with Gasteiger partial charge in [0.2, 0.25) is 17.2 Å². The molecule has 11 nitrogen and oxygen atoms in total. The Hall–Kier alpha value is -3.58. The van der Waals surface area contributed by atoms with Crippen LogP contribution in [-0.4, -0.2) is 74.5 Å². The minimum atomic E-state index is -0.945. The van der Waals surface area contributed by atoms with Gasteiger partial charge in [0.05, 0.1) is 29.7 Å². The van der Waals surface area contributed by atoms with E-state index in [1.807, 2.05) is 43.7 Å². The summed E-state index contributed by atoms with van der Waals surface area (Å²) in [5.74, 6) is 0.823. The van der Waals surface area contributed by atoms with Crippen LogP contribution in [0.15, 0.2) is 39.9 Å². The van der Waals surface area contributed by atoms with E-state index in [1.165, 1.54) is 17.6 Å². The zero-order chi connectivity index (χ0) is 30.6. The SMILES string of the molecule is COc1cccc(C2CN(C(C)=O)CCC2O)c1CCn1nc(C(C)(C)C2OC2O)c(=O)c2c(C)c(-c3ncco3)sc21. The largest absolute Gasteiger partial charge is 0.496 e. The molecule has 2 aliphatic heterocycles. The molecule has 0 aliphatic carbocycles. The Bertz CT molecular complexity index is 1730. The topological polar surface area (TPSA) is 143 Å². The number of methoxy groups -OCH3 is 1. The van der Waals surface area contributed by atoms with Crippen LogP contribution in [-0.2, 0) is 27.9 Å². The number of thiophene rings is 1. The molecule has 1 amide bonds. The average Bonchev–Trinajstić information content (AvgIpc) is 3.34. The quantitative estimate of drug-likeness (QED) is 0.288. The number of carbonyl (C=O) groups is 1. The van der Waals surface area contributed by atoms with Gasteiger partial charge >= 0.3 is 0 Å². The molecule has 6 rings (SSSR count). The number of oxazole rings is 1. The van der Waals surface area contributed by atoms with E-state index in [9.17, 15) is 19.8 Å². The first kappa shape index (κ1) is 29.5. The number of fused-ring (bicyclic) bond motifs is 1. The molecule has 2 aliphatic rings. The predicted molar refractivity (Wildman–Crippen MR) is 160 cm³/mol. The highest BCUT2D eigenvalue weighted by atomic mass is 32.1. The van der Waals surface area contributed by atoms with Crippen LogP contribution < -0.4 is 10.2 Å². The summed E-state index contributed by atoms with van der Waals surface area (Å²) in [6.07, 6.45) is 1.97. The fraction of sp³-hybridized carbons (Fsp3) is 0.484. The molecule has 2 saturated heterocycles. The molecule has 3 aromatic heterocycles. The van der Waals surface area contributed by atoms with Crippen molar-refractivity contribution in [2.75, 3.05) is 20.2 Å². The lowest BCUT2D eigenvalue weighted by atomic mass is 9.84. The van der Waals surface area contributed by atoms with Crippen LogP contribution in [0.5, 0.6) is 5.75 Å². The van der Waals surface area contributed by atoms with Crippen molar-refractivity contribution >= 4 is 27.5 Å². The van der Waals surface area contributed by atoms with Gasteiger partial charge in [0.1, 0.15) is 28.6 Å². The molecule has 4 unspecified atom stereocenters. The summed E-state index contributed by atoms with van der Waals surface area (Å²) in [7, 11) is 1.62. The number of aliphatic hydroxyl groups excluding tert-OH is 2. The smallest absolute Gasteiger partial charge is 0.236 e. The summed E-state index contributed by atoms with van der Waals surface area (Å²) in [4.78, 5) is 33.7. The first-order valence-electron chi connectivity index (χ1n) is 14.4. The third-order valence-corrected chi connectivity index (χ3v) is 10.1. The van der Waals surface area contributed by atoms with Gasteiger partial charge in [-0.15, -0.1) is 11.3 Å². The molecule has 12 heteroatoms. The number of rotatable bonds is 8. The van der Waals surface area contributed by atoms with Crippen LogP contribution in [0.1, 0.15) is 55.5 Å². The highest BCUT2D eigenvalue weighted by Crippen LogP contribution is 2.41. The number of aromatic nitrogens is 3. The third-order valence-electron chi connectivity index (χ3n) is 8.83. The Labute approximate surface area is 252 Å². The predicted octanol–water partition coefficient (Wildman–Crippen LogP) is 3.36. The second-order valence-corrected chi connectivity index (χ2v) is 12.8. The molecular formula is C31H36N4O7S. The normalized spacial score (nSPS) is 22.3. The molecule has 0 spiro atoms. The number of aryl methyl sites for hydroxylation is 2. The van der Waals surface area contributed by atoms with Crippen molar-refractivity contribution in [2.24, 2.45) is 0 Å². The minimum Gasteiger partial charge on any atom is -0.496 e. The number of hydrogen-bond donors (Lipinski definition) is 2. The molecular weight excluding hydrogens is 572 g/mol. The number of aliphatic hydroxyl groups is 2. The van der Waals surface area contributed by atoms with Crippen molar-refractivity contribution in [1.82, 2.24) is 19.7 Å². The van der Waals surface area contributed by atoms with Crippen LogP contribution in [0, 0.1) is 6.92 Å². The van der Waals surface area contributed by atoms with E-state index in [0.717, 1.165) is 21.6 Å². The summed E-state index contributed by atoms with van der Waals surface area (Å²) in [6.45, 7) is 8.48. The van der Waals surface area contributed by atoms with Gasteiger partial charge in [-0.1, -0.05) is 26.0 Å². The minimum absolute atomic E-state index is 0.0176. The van der Waals surface area contributed by atoms with Crippen LogP contribution in [0.4, 0.5) is 0 Å². The monoisotopic (exact) mass is 608 g/mol. The summed E-state index contributed by atoms with van der Waals surface area (Å²) < 4.78 is 18.6. The van der Waals surface area contributed by atoms with E-state index in [2.05, 4.69) is 4.98 Å². The summed E-state index contributed by atoms with van der Waals surface area (Å²) >= 11 is 1.40. The van der Waals surface area contributed by atoms with Gasteiger partial charge in [0.25, 0.3) is 0 Å². The van der Waals surface area contributed by atoms with Crippen molar-refractivity contribution in [3.63, 3.8) is 0 Å². The maximum Gasteiger partial charge on any atom is 0.236 e. The summed E-state index contributed by atoms with van der Waals surface area (Å²) in [6, 6.07) is 5.78. The van der Waals surface area contributed by atoms with E-state index in [0.29, 0.717) is 60.0 Å². The Morgan fingerprint density at radius 2 is 2.05 bits per heavy atom. The number of hydrogen-bond acceptors (Lipinski definition) is 10. The highest BCUT2D eigenvalue weighted by molar-refractivity contribution is 7.22. The standard InChI is InChI=1S/C31H36N4O7S/c1-16-23-24(38)26(31(3,4)27-30(39)42-27)33-35(29(23)43-25(16)28-32-11-14-41-28)13-9-19-18(7-6-8-22(19)40-5)20-15-34(17(2)36)12-10-21(20)37/h6-8,11,14,20-21,27,30,37,39H,9-10,12-13,15H2,1-5H3. The van der Waals surface area contributed by atoms with E-state index >= 15 is 0 Å². The first-order valence-corrected chi connectivity index (χ1v) is 15.2. The number of nitrogens with zero attached hydrogens (tertiary/aromatic N) is 4. The molecule has 1 aromatic carbocycles. The zero-order valence-electron chi connectivity index (χ0n) is 24.9. The molecule has 0 saturated carbocycles. The molecule has 0 bridgehead atoms. The van der Waals surface area contributed by atoms with E-state index < -0.39 is 23.9 Å². The molecule has 5 heterocycles. The van der Waals surface area contributed by atoms with Crippen molar-refractivity contribution in [2.45, 2.75) is 76.9 Å². The van der Waals surface area contributed by atoms with Gasteiger partial charge in [0.15, 0.2) is 6.29 Å². The second kappa shape index (κ2) is 11.2. The molecule has 43 heavy (non-hydrogen) atoms. The fourth-order valence-corrected chi connectivity index (χ4v) is 7.52. The fourth-order valence-electron chi connectivity index (χ4n) is 6.29. The molecule has 228 valence electrons. The van der Waals surface area contributed by atoms with Crippen molar-refractivity contribution in [3.8, 4) is 16.5 Å². The van der Waals surface area contributed by atoms with Gasteiger partial charge in [0, 0.05) is 37.9 Å². The van der Waals surface area contributed by atoms with Gasteiger partial charge in [-0.2, -0.15) is 5.10 Å². The van der Waals surface area contributed by atoms with E-state index in [-0.39, 0.29) is 17.3 Å². The maximum absolute atomic E-state index is 14.0. The molecule has 0 radical (unpaired) electrons. The van der Waals surface area contributed by atoms with Crippen LogP contribution >= 0.6 is 11.3 Å². The second-order valence-electron chi connectivity index (χ2n) is 11.8. The Kier molecular flexibility index (Phi) is 7.66. The van der Waals surface area contributed by atoms with E-state index in [1.54, 1.807) is 25.1 Å². The lowest BCUT2D eigenvalue weighted by Gasteiger charge is -2.37. The number of likely N-dealkylation sites (tertiary alicyclic amines) is 1. The summed E-state index contributed by atoms with van der Waals surface area (Å²) in [5.41, 5.74) is 1.84. The van der Waals surface area contributed by atoms with Gasteiger partial charge < -0.3 is 29.0 Å². The van der Waals surface area contributed by atoms with Gasteiger partial charge in [-0.25, -0.2) is 4.98 Å². The number of amides is 1. The Balaban J connectivity index is 1.45. The average molecular weight is 609 g/mol. The van der Waals surface area contributed by atoms with Crippen molar-refractivity contribution < 1.29 is 28.9 Å². The van der Waals surface area contributed by atoms with Gasteiger partial charge in [-0.05, 0) is 42.5 Å².